The van der Waals surface area contributed by atoms with Crippen LogP contribution in [0.2, 0.25) is 0 Å². The number of hydrogen-bond donors (Lipinski definition) is 2. The van der Waals surface area contributed by atoms with Crippen LogP contribution >= 0.6 is 0 Å². The van der Waals surface area contributed by atoms with Gasteiger partial charge in [0.2, 0.25) is 0 Å². The third-order valence-corrected chi connectivity index (χ3v) is 4.16. The van der Waals surface area contributed by atoms with Crippen LogP contribution in [0, 0.1) is 5.92 Å². The summed E-state index contributed by atoms with van der Waals surface area (Å²) in [7, 11) is 0. The largest absolute Gasteiger partial charge is 0.383 e. The van der Waals surface area contributed by atoms with Gasteiger partial charge in [-0.05, 0) is 42.7 Å². The van der Waals surface area contributed by atoms with Gasteiger partial charge < -0.3 is 10.6 Å². The van der Waals surface area contributed by atoms with Crippen molar-refractivity contribution in [3.8, 4) is 0 Å². The van der Waals surface area contributed by atoms with Crippen molar-refractivity contribution in [1.29, 1.82) is 0 Å². The molecule has 0 saturated carbocycles. The number of nitrogens with one attached hydrogen (secondary N) is 2. The fraction of sp³-hybridized carbons (Fsp3) is 0.600. The van der Waals surface area contributed by atoms with Crippen LogP contribution in [-0.4, -0.2) is 12.6 Å². The van der Waals surface area contributed by atoms with Gasteiger partial charge in [-0.3, -0.25) is 0 Å². The second-order valence-corrected chi connectivity index (χ2v) is 5.70. The Bertz CT molecular complexity index is 423. The maximum absolute atomic E-state index is 3.76. The Morgan fingerprint density at radius 1 is 1.12 bits per heavy atom. The summed E-state index contributed by atoms with van der Waals surface area (Å²) in [6.45, 7) is 5.74. The number of hydrogen-bond acceptors (Lipinski definition) is 2. The van der Waals surface area contributed by atoms with Crippen molar-refractivity contribution in [3.05, 3.63) is 23.3 Å². The third kappa shape index (κ3) is 1.90. The summed E-state index contributed by atoms with van der Waals surface area (Å²) in [5, 5.41) is 7.35. The highest BCUT2D eigenvalue weighted by molar-refractivity contribution is 5.78. The molecule has 0 saturated heterocycles. The van der Waals surface area contributed by atoms with E-state index in [9.17, 15) is 0 Å². The summed E-state index contributed by atoms with van der Waals surface area (Å²) < 4.78 is 0. The first-order valence-electron chi connectivity index (χ1n) is 6.91. The maximum atomic E-state index is 3.76. The van der Waals surface area contributed by atoms with E-state index in [1.807, 2.05) is 0 Å². The summed E-state index contributed by atoms with van der Waals surface area (Å²) in [6.07, 6.45) is 4.98. The Hall–Kier alpha value is -1.18. The number of anilines is 2. The van der Waals surface area contributed by atoms with Gasteiger partial charge in [0.05, 0.1) is 11.4 Å². The zero-order valence-corrected chi connectivity index (χ0v) is 10.8. The molecule has 1 aromatic rings. The normalized spacial score (nSPS) is 22.4. The molecule has 3 rings (SSSR count). The molecule has 0 fully saturated rings. The lowest BCUT2D eigenvalue weighted by Gasteiger charge is -2.33. The minimum atomic E-state index is 0.637. The van der Waals surface area contributed by atoms with Crippen molar-refractivity contribution in [1.82, 2.24) is 0 Å². The smallest absolute Gasteiger partial charge is 0.0613 e. The van der Waals surface area contributed by atoms with Crippen LogP contribution in [0.4, 0.5) is 11.4 Å². The Labute approximate surface area is 104 Å². The quantitative estimate of drug-likeness (QED) is 0.772. The molecular weight excluding hydrogens is 208 g/mol. The third-order valence-electron chi connectivity index (χ3n) is 4.16. The number of aryl methyl sites for hydroxylation is 2. The summed E-state index contributed by atoms with van der Waals surface area (Å²) in [5.74, 6) is 0.711. The fourth-order valence-electron chi connectivity index (χ4n) is 3.03. The predicted octanol–water partition coefficient (Wildman–Crippen LogP) is 3.43. The summed E-state index contributed by atoms with van der Waals surface area (Å²) >= 11 is 0. The van der Waals surface area contributed by atoms with E-state index in [4.69, 9.17) is 0 Å². The maximum Gasteiger partial charge on any atom is 0.0613 e. The minimum Gasteiger partial charge on any atom is -0.383 e. The molecule has 1 unspecified atom stereocenters. The van der Waals surface area contributed by atoms with Crippen molar-refractivity contribution in [3.63, 3.8) is 0 Å². The molecule has 2 heterocycles. The number of fused-ring (bicyclic) bond motifs is 3. The molecule has 17 heavy (non-hydrogen) atoms. The van der Waals surface area contributed by atoms with E-state index in [1.54, 1.807) is 0 Å². The molecule has 0 spiro atoms. The molecule has 2 aliphatic heterocycles. The lowest BCUT2D eigenvalue weighted by Crippen LogP contribution is -2.31. The van der Waals surface area contributed by atoms with E-state index in [1.165, 1.54) is 48.2 Å². The highest BCUT2D eigenvalue weighted by Crippen LogP contribution is 2.38. The molecular formula is C15H22N2. The molecule has 0 amide bonds. The molecule has 2 N–H and O–H groups in total. The van der Waals surface area contributed by atoms with Crippen LogP contribution in [0.1, 0.15) is 37.8 Å². The zero-order valence-electron chi connectivity index (χ0n) is 10.8. The molecule has 2 aliphatic rings. The van der Waals surface area contributed by atoms with E-state index in [2.05, 4.69) is 36.6 Å². The highest BCUT2D eigenvalue weighted by atomic mass is 15.0. The van der Waals surface area contributed by atoms with E-state index >= 15 is 0 Å². The average Bonchev–Trinajstić information content (AvgIpc) is 2.38. The summed E-state index contributed by atoms with van der Waals surface area (Å²) in [4.78, 5) is 0. The second kappa shape index (κ2) is 4.25. The molecule has 0 aromatic heterocycles. The van der Waals surface area contributed by atoms with E-state index in [-0.39, 0.29) is 0 Å². The Morgan fingerprint density at radius 2 is 1.88 bits per heavy atom. The van der Waals surface area contributed by atoms with E-state index in [0.717, 1.165) is 6.54 Å². The summed E-state index contributed by atoms with van der Waals surface area (Å²) in [6, 6.07) is 5.28. The van der Waals surface area contributed by atoms with Crippen molar-refractivity contribution < 1.29 is 0 Å². The monoisotopic (exact) mass is 230 g/mol. The van der Waals surface area contributed by atoms with Crippen molar-refractivity contribution in [2.45, 2.75) is 45.6 Å². The van der Waals surface area contributed by atoms with Gasteiger partial charge in [0.1, 0.15) is 0 Å². The minimum absolute atomic E-state index is 0.637. The first kappa shape index (κ1) is 10.9. The predicted molar refractivity (Wildman–Crippen MR) is 73.8 cm³/mol. The lowest BCUT2D eigenvalue weighted by molar-refractivity contribution is 0.483. The average molecular weight is 230 g/mol. The highest BCUT2D eigenvalue weighted by Gasteiger charge is 2.24. The molecule has 2 heteroatoms. The first-order chi connectivity index (χ1) is 8.25. The molecule has 0 radical (unpaired) electrons. The van der Waals surface area contributed by atoms with Gasteiger partial charge in [-0.15, -0.1) is 0 Å². The van der Waals surface area contributed by atoms with Gasteiger partial charge in [-0.1, -0.05) is 26.0 Å². The number of rotatable bonds is 1. The number of benzene rings is 1. The van der Waals surface area contributed by atoms with Crippen LogP contribution < -0.4 is 10.6 Å². The molecule has 0 aliphatic carbocycles. The molecule has 92 valence electrons. The van der Waals surface area contributed by atoms with Crippen LogP contribution in [0.5, 0.6) is 0 Å². The summed E-state index contributed by atoms with van der Waals surface area (Å²) in [5.41, 5.74) is 5.77. The van der Waals surface area contributed by atoms with Crippen LogP contribution in [-0.2, 0) is 12.8 Å². The van der Waals surface area contributed by atoms with Crippen LogP contribution in [0.25, 0.3) is 0 Å². The molecule has 1 aromatic carbocycles. The standard InChI is InChI=1S/C15H22N2/c1-10(2)13-8-7-12-6-5-11-4-3-9-16-14(11)15(12)17-13/h5-6,10,13,16-17H,3-4,7-9H2,1-2H3. The first-order valence-corrected chi connectivity index (χ1v) is 6.91. The van der Waals surface area contributed by atoms with Gasteiger partial charge >= 0.3 is 0 Å². The van der Waals surface area contributed by atoms with Crippen molar-refractivity contribution >= 4 is 11.4 Å². The Morgan fingerprint density at radius 3 is 2.65 bits per heavy atom. The Balaban J connectivity index is 1.98. The zero-order chi connectivity index (χ0) is 11.8. The molecule has 2 nitrogen and oxygen atoms in total. The Kier molecular flexibility index (Phi) is 2.73. The molecule has 1 atom stereocenters. The van der Waals surface area contributed by atoms with Gasteiger partial charge in [-0.25, -0.2) is 0 Å². The van der Waals surface area contributed by atoms with Gasteiger partial charge in [-0.2, -0.15) is 0 Å². The van der Waals surface area contributed by atoms with Crippen molar-refractivity contribution in [2.75, 3.05) is 17.2 Å². The fourth-order valence-corrected chi connectivity index (χ4v) is 3.03. The van der Waals surface area contributed by atoms with Gasteiger partial charge in [0, 0.05) is 12.6 Å². The SMILES string of the molecule is CC(C)C1CCc2ccc3c(c2N1)NCCC3. The van der Waals surface area contributed by atoms with Crippen molar-refractivity contribution in [2.24, 2.45) is 5.92 Å². The topological polar surface area (TPSA) is 24.1 Å². The second-order valence-electron chi connectivity index (χ2n) is 5.70. The van der Waals surface area contributed by atoms with Crippen LogP contribution in [0.15, 0.2) is 12.1 Å². The van der Waals surface area contributed by atoms with Gasteiger partial charge in [0.15, 0.2) is 0 Å². The lowest BCUT2D eigenvalue weighted by atomic mass is 9.88. The van der Waals surface area contributed by atoms with Gasteiger partial charge in [0.25, 0.3) is 0 Å². The molecule has 0 bridgehead atoms. The van der Waals surface area contributed by atoms with E-state index < -0.39 is 0 Å². The van der Waals surface area contributed by atoms with E-state index in [0.29, 0.717) is 12.0 Å². The van der Waals surface area contributed by atoms with Crippen LogP contribution in [0.3, 0.4) is 0 Å².